The number of rotatable bonds is 3. The van der Waals surface area contributed by atoms with Gasteiger partial charge in [-0.1, -0.05) is 6.07 Å². The van der Waals surface area contributed by atoms with Crippen LogP contribution in [-0.2, 0) is 0 Å². The first-order chi connectivity index (χ1) is 5.81. The van der Waals surface area contributed by atoms with E-state index in [2.05, 4.69) is 0 Å². The summed E-state index contributed by atoms with van der Waals surface area (Å²) in [7, 11) is 3.21. The molecule has 3 nitrogen and oxygen atoms in total. The molecule has 12 heavy (non-hydrogen) atoms. The molecule has 0 bridgehead atoms. The normalized spacial score (nSPS) is 9.58. The standard InChI is InChI=1S/C9H12NO2/c1-11-8-4-3-7(6-10)9(5-8)12-2/h3-6H,10H2,1-2H3. The predicted molar refractivity (Wildman–Crippen MR) is 47.1 cm³/mol. The average molecular weight is 166 g/mol. The van der Waals surface area contributed by atoms with Gasteiger partial charge in [0, 0.05) is 11.6 Å². The molecular weight excluding hydrogens is 154 g/mol. The Morgan fingerprint density at radius 1 is 1.25 bits per heavy atom. The third-order valence-corrected chi connectivity index (χ3v) is 1.62. The van der Waals surface area contributed by atoms with Crippen LogP contribution in [0.15, 0.2) is 18.2 Å². The Hall–Kier alpha value is -1.22. The van der Waals surface area contributed by atoms with Crippen molar-refractivity contribution >= 4 is 0 Å². The Bertz CT molecular complexity index is 261. The van der Waals surface area contributed by atoms with Crippen LogP contribution in [0.25, 0.3) is 0 Å². The third kappa shape index (κ3) is 1.68. The minimum absolute atomic E-state index is 0.719. The first kappa shape index (κ1) is 8.87. The molecule has 65 valence electrons. The lowest BCUT2D eigenvalue weighted by Crippen LogP contribution is -1.97. The van der Waals surface area contributed by atoms with Crippen LogP contribution in [-0.4, -0.2) is 14.2 Å². The van der Waals surface area contributed by atoms with E-state index in [1.54, 1.807) is 20.3 Å². The highest BCUT2D eigenvalue weighted by molar-refractivity contribution is 5.43. The van der Waals surface area contributed by atoms with Crippen LogP contribution < -0.4 is 15.2 Å². The summed E-state index contributed by atoms with van der Waals surface area (Å²) in [6, 6.07) is 5.47. The van der Waals surface area contributed by atoms with Crippen molar-refractivity contribution in [3.63, 3.8) is 0 Å². The van der Waals surface area contributed by atoms with Crippen LogP contribution >= 0.6 is 0 Å². The second kappa shape index (κ2) is 3.97. The van der Waals surface area contributed by atoms with Crippen LogP contribution in [0.1, 0.15) is 5.56 Å². The van der Waals surface area contributed by atoms with E-state index in [9.17, 15) is 0 Å². The summed E-state index contributed by atoms with van der Waals surface area (Å²) in [6.07, 6.45) is 0. The van der Waals surface area contributed by atoms with Gasteiger partial charge in [0.2, 0.25) is 0 Å². The molecule has 3 heteroatoms. The smallest absolute Gasteiger partial charge is 0.127 e. The Morgan fingerprint density at radius 2 is 2.00 bits per heavy atom. The molecule has 0 atom stereocenters. The van der Waals surface area contributed by atoms with Crippen LogP contribution in [0.3, 0.4) is 0 Å². The average Bonchev–Trinajstić information content (AvgIpc) is 2.16. The van der Waals surface area contributed by atoms with Crippen LogP contribution in [0.4, 0.5) is 0 Å². The van der Waals surface area contributed by atoms with Crippen molar-refractivity contribution in [2.45, 2.75) is 0 Å². The summed E-state index contributed by atoms with van der Waals surface area (Å²) in [5.41, 5.74) is 6.23. The first-order valence-corrected chi connectivity index (χ1v) is 3.58. The summed E-state index contributed by atoms with van der Waals surface area (Å²) in [6.45, 7) is 1.50. The summed E-state index contributed by atoms with van der Waals surface area (Å²) < 4.78 is 10.1. The van der Waals surface area contributed by atoms with E-state index < -0.39 is 0 Å². The molecule has 0 spiro atoms. The molecule has 1 radical (unpaired) electrons. The molecule has 0 saturated carbocycles. The van der Waals surface area contributed by atoms with Crippen LogP contribution in [0, 0.1) is 6.54 Å². The number of nitrogens with two attached hydrogens (primary N) is 1. The van der Waals surface area contributed by atoms with Gasteiger partial charge in [0.1, 0.15) is 11.5 Å². The van der Waals surface area contributed by atoms with E-state index in [1.165, 1.54) is 6.54 Å². The SMILES string of the molecule is COc1ccc([CH]N)c(OC)c1. The highest BCUT2D eigenvalue weighted by atomic mass is 16.5. The van der Waals surface area contributed by atoms with Crippen molar-refractivity contribution in [3.05, 3.63) is 30.3 Å². The molecule has 0 unspecified atom stereocenters. The lowest BCUT2D eigenvalue weighted by molar-refractivity contribution is 0.392. The number of ether oxygens (including phenoxy) is 2. The van der Waals surface area contributed by atoms with Crippen molar-refractivity contribution < 1.29 is 9.47 Å². The molecule has 0 aromatic heterocycles. The highest BCUT2D eigenvalue weighted by Crippen LogP contribution is 2.24. The maximum absolute atomic E-state index is 5.37. The van der Waals surface area contributed by atoms with Gasteiger partial charge in [-0.25, -0.2) is 0 Å². The molecule has 0 aliphatic carbocycles. The fourth-order valence-corrected chi connectivity index (χ4v) is 0.956. The summed E-state index contributed by atoms with van der Waals surface area (Å²) in [5.74, 6) is 1.48. The molecule has 0 amide bonds. The van der Waals surface area contributed by atoms with E-state index in [0.717, 1.165) is 17.1 Å². The van der Waals surface area contributed by atoms with Crippen molar-refractivity contribution in [1.29, 1.82) is 0 Å². The van der Waals surface area contributed by atoms with Gasteiger partial charge in [0.25, 0.3) is 0 Å². The number of hydrogen-bond donors (Lipinski definition) is 1. The molecule has 2 N–H and O–H groups in total. The first-order valence-electron chi connectivity index (χ1n) is 3.58. The van der Waals surface area contributed by atoms with Gasteiger partial charge in [0.05, 0.1) is 20.8 Å². The van der Waals surface area contributed by atoms with Gasteiger partial charge >= 0.3 is 0 Å². The predicted octanol–water partition coefficient (Wildman–Crippen LogP) is 1.17. The molecular formula is C9H12NO2. The van der Waals surface area contributed by atoms with E-state index in [1.807, 2.05) is 12.1 Å². The molecule has 0 saturated heterocycles. The quantitative estimate of drug-likeness (QED) is 0.733. The maximum atomic E-state index is 5.37. The van der Waals surface area contributed by atoms with Gasteiger partial charge in [-0.15, -0.1) is 0 Å². The molecule has 0 aliphatic heterocycles. The van der Waals surface area contributed by atoms with E-state index in [0.29, 0.717) is 0 Å². The Balaban J connectivity index is 3.02. The van der Waals surface area contributed by atoms with Crippen LogP contribution in [0.2, 0.25) is 0 Å². The zero-order valence-corrected chi connectivity index (χ0v) is 7.20. The maximum Gasteiger partial charge on any atom is 0.127 e. The molecule has 1 aromatic carbocycles. The minimum Gasteiger partial charge on any atom is -0.497 e. The number of hydrogen-bond acceptors (Lipinski definition) is 3. The van der Waals surface area contributed by atoms with Gasteiger partial charge in [-0.3, -0.25) is 0 Å². The molecule has 1 aromatic rings. The molecule has 0 aliphatic rings. The second-order valence-corrected chi connectivity index (χ2v) is 2.27. The minimum atomic E-state index is 0.719. The number of benzene rings is 1. The Morgan fingerprint density at radius 3 is 2.50 bits per heavy atom. The lowest BCUT2D eigenvalue weighted by Gasteiger charge is -2.07. The fraction of sp³-hybridized carbons (Fsp3) is 0.222. The lowest BCUT2D eigenvalue weighted by atomic mass is 10.2. The van der Waals surface area contributed by atoms with Crippen molar-refractivity contribution in [2.24, 2.45) is 5.73 Å². The molecule has 0 fully saturated rings. The van der Waals surface area contributed by atoms with E-state index >= 15 is 0 Å². The number of methoxy groups -OCH3 is 2. The monoisotopic (exact) mass is 166 g/mol. The van der Waals surface area contributed by atoms with Crippen molar-refractivity contribution in [2.75, 3.05) is 14.2 Å². The largest absolute Gasteiger partial charge is 0.497 e. The van der Waals surface area contributed by atoms with Crippen LogP contribution in [0.5, 0.6) is 11.5 Å². The van der Waals surface area contributed by atoms with Gasteiger partial charge in [0.15, 0.2) is 0 Å². The van der Waals surface area contributed by atoms with Crippen molar-refractivity contribution in [3.8, 4) is 11.5 Å². The Kier molecular flexibility index (Phi) is 2.94. The second-order valence-electron chi connectivity index (χ2n) is 2.27. The summed E-state index contributed by atoms with van der Waals surface area (Å²) in [5, 5.41) is 0. The highest BCUT2D eigenvalue weighted by Gasteiger charge is 2.02. The zero-order valence-electron chi connectivity index (χ0n) is 7.20. The van der Waals surface area contributed by atoms with E-state index in [-0.39, 0.29) is 0 Å². The topological polar surface area (TPSA) is 44.5 Å². The van der Waals surface area contributed by atoms with Crippen molar-refractivity contribution in [1.82, 2.24) is 0 Å². The zero-order chi connectivity index (χ0) is 8.97. The molecule has 1 rings (SSSR count). The molecule has 0 heterocycles. The van der Waals surface area contributed by atoms with Gasteiger partial charge < -0.3 is 15.2 Å². The fourth-order valence-electron chi connectivity index (χ4n) is 0.956. The van der Waals surface area contributed by atoms with Gasteiger partial charge in [-0.05, 0) is 6.07 Å². The van der Waals surface area contributed by atoms with Gasteiger partial charge in [-0.2, -0.15) is 0 Å². The summed E-state index contributed by atoms with van der Waals surface area (Å²) in [4.78, 5) is 0. The summed E-state index contributed by atoms with van der Waals surface area (Å²) >= 11 is 0. The Labute approximate surface area is 72.1 Å². The third-order valence-electron chi connectivity index (χ3n) is 1.62. The van der Waals surface area contributed by atoms with E-state index in [4.69, 9.17) is 15.2 Å².